The van der Waals surface area contributed by atoms with Crippen molar-refractivity contribution in [2.75, 3.05) is 20.1 Å². The Morgan fingerprint density at radius 1 is 1.60 bits per heavy atom. The first-order valence-electron chi connectivity index (χ1n) is 5.62. The average Bonchev–Trinajstić information content (AvgIpc) is 2.75. The second kappa shape index (κ2) is 6.58. The molecule has 1 unspecified atom stereocenters. The van der Waals surface area contributed by atoms with Crippen molar-refractivity contribution >= 4 is 0 Å². The van der Waals surface area contributed by atoms with Crippen molar-refractivity contribution in [3.05, 3.63) is 18.2 Å². The van der Waals surface area contributed by atoms with Gasteiger partial charge in [0.25, 0.3) is 0 Å². The summed E-state index contributed by atoms with van der Waals surface area (Å²) < 4.78 is 0. The van der Waals surface area contributed by atoms with Crippen LogP contribution in [0.15, 0.2) is 12.5 Å². The third-order valence-corrected chi connectivity index (χ3v) is 2.85. The number of hydrogen-bond acceptors (Lipinski definition) is 3. The van der Waals surface area contributed by atoms with Gasteiger partial charge in [-0.3, -0.25) is 0 Å². The van der Waals surface area contributed by atoms with Crippen molar-refractivity contribution in [2.24, 2.45) is 0 Å². The van der Waals surface area contributed by atoms with Gasteiger partial charge in [-0.2, -0.15) is 0 Å². The first kappa shape index (κ1) is 12.2. The van der Waals surface area contributed by atoms with Crippen LogP contribution in [0.5, 0.6) is 0 Å². The highest BCUT2D eigenvalue weighted by Gasteiger charge is 2.05. The van der Waals surface area contributed by atoms with Gasteiger partial charge in [-0.05, 0) is 20.4 Å². The largest absolute Gasteiger partial charge is 0.347 e. The molecule has 15 heavy (non-hydrogen) atoms. The van der Waals surface area contributed by atoms with Crippen molar-refractivity contribution in [3.63, 3.8) is 0 Å². The highest BCUT2D eigenvalue weighted by atomic mass is 15.1. The van der Waals surface area contributed by atoms with Crippen LogP contribution in [0.1, 0.15) is 26.0 Å². The standard InChI is InChI=1S/C11H22N4/c1-4-10(2)15(3)6-5-12-7-11-8-13-9-14-11/h8-10,12H,4-7H2,1-3H3,(H,13,14). The van der Waals surface area contributed by atoms with E-state index in [-0.39, 0.29) is 0 Å². The predicted octanol–water partition coefficient (Wildman–Crippen LogP) is 1.23. The van der Waals surface area contributed by atoms with Gasteiger partial charge in [0.05, 0.1) is 6.33 Å². The van der Waals surface area contributed by atoms with Crippen molar-refractivity contribution in [1.82, 2.24) is 20.2 Å². The summed E-state index contributed by atoms with van der Waals surface area (Å²) in [6, 6.07) is 0.666. The van der Waals surface area contributed by atoms with Gasteiger partial charge in [-0.15, -0.1) is 0 Å². The van der Waals surface area contributed by atoms with Gasteiger partial charge in [-0.1, -0.05) is 6.92 Å². The van der Waals surface area contributed by atoms with Gasteiger partial charge in [-0.25, -0.2) is 4.98 Å². The first-order chi connectivity index (χ1) is 7.24. The molecule has 2 N–H and O–H groups in total. The number of imidazole rings is 1. The second-order valence-corrected chi connectivity index (χ2v) is 3.99. The average molecular weight is 210 g/mol. The smallest absolute Gasteiger partial charge is 0.0922 e. The molecular formula is C11H22N4. The Hall–Kier alpha value is -0.870. The van der Waals surface area contributed by atoms with E-state index in [1.807, 2.05) is 6.20 Å². The maximum Gasteiger partial charge on any atom is 0.0922 e. The monoisotopic (exact) mass is 210 g/mol. The predicted molar refractivity (Wildman–Crippen MR) is 62.7 cm³/mol. The van der Waals surface area contributed by atoms with E-state index in [4.69, 9.17) is 0 Å². The number of hydrogen-bond donors (Lipinski definition) is 2. The quantitative estimate of drug-likeness (QED) is 0.665. The Labute approximate surface area is 92.1 Å². The number of rotatable bonds is 7. The van der Waals surface area contributed by atoms with Crippen LogP contribution >= 0.6 is 0 Å². The molecule has 1 heterocycles. The Morgan fingerprint density at radius 3 is 3.00 bits per heavy atom. The van der Waals surface area contributed by atoms with E-state index < -0.39 is 0 Å². The molecule has 0 aliphatic heterocycles. The van der Waals surface area contributed by atoms with Crippen LogP contribution in [0.4, 0.5) is 0 Å². The SMILES string of the molecule is CCC(C)N(C)CCNCc1cnc[nH]1. The van der Waals surface area contributed by atoms with Crippen LogP contribution < -0.4 is 5.32 Å². The molecule has 1 atom stereocenters. The summed E-state index contributed by atoms with van der Waals surface area (Å²) in [6.07, 6.45) is 4.77. The molecule has 0 aliphatic rings. The molecule has 86 valence electrons. The van der Waals surface area contributed by atoms with E-state index in [9.17, 15) is 0 Å². The lowest BCUT2D eigenvalue weighted by Crippen LogP contribution is -2.34. The third kappa shape index (κ3) is 4.44. The van der Waals surface area contributed by atoms with E-state index in [0.717, 1.165) is 25.3 Å². The normalized spacial score (nSPS) is 13.3. The zero-order valence-corrected chi connectivity index (χ0v) is 9.95. The van der Waals surface area contributed by atoms with E-state index in [0.29, 0.717) is 6.04 Å². The molecule has 0 bridgehead atoms. The van der Waals surface area contributed by atoms with Gasteiger partial charge in [0.1, 0.15) is 0 Å². The van der Waals surface area contributed by atoms with Gasteiger partial charge in [0.2, 0.25) is 0 Å². The number of aromatic nitrogens is 2. The third-order valence-electron chi connectivity index (χ3n) is 2.85. The molecule has 4 nitrogen and oxygen atoms in total. The lowest BCUT2D eigenvalue weighted by molar-refractivity contribution is 0.251. The van der Waals surface area contributed by atoms with Crippen molar-refractivity contribution in [2.45, 2.75) is 32.9 Å². The van der Waals surface area contributed by atoms with Crippen LogP contribution in [-0.4, -0.2) is 41.0 Å². The number of nitrogens with zero attached hydrogens (tertiary/aromatic N) is 2. The minimum absolute atomic E-state index is 0.666. The summed E-state index contributed by atoms with van der Waals surface area (Å²) in [4.78, 5) is 9.42. The molecule has 1 aromatic heterocycles. The molecule has 0 fully saturated rings. The fourth-order valence-electron chi connectivity index (χ4n) is 1.39. The molecule has 1 rings (SSSR count). The Balaban J connectivity index is 2.06. The maximum absolute atomic E-state index is 3.97. The highest BCUT2D eigenvalue weighted by molar-refractivity contribution is 4.92. The van der Waals surface area contributed by atoms with Crippen LogP contribution in [0.2, 0.25) is 0 Å². The molecule has 0 aromatic carbocycles. The van der Waals surface area contributed by atoms with Crippen molar-refractivity contribution in [3.8, 4) is 0 Å². The number of H-pyrrole nitrogens is 1. The summed E-state index contributed by atoms with van der Waals surface area (Å²) in [7, 11) is 2.17. The van der Waals surface area contributed by atoms with Gasteiger partial charge < -0.3 is 15.2 Å². The topological polar surface area (TPSA) is 44.0 Å². The van der Waals surface area contributed by atoms with E-state index >= 15 is 0 Å². The Kier molecular flexibility index (Phi) is 5.36. The van der Waals surface area contributed by atoms with Gasteiger partial charge >= 0.3 is 0 Å². The zero-order chi connectivity index (χ0) is 11.1. The lowest BCUT2D eigenvalue weighted by atomic mass is 10.2. The maximum atomic E-state index is 3.97. The fraction of sp³-hybridized carbons (Fsp3) is 0.727. The first-order valence-corrected chi connectivity index (χ1v) is 5.62. The summed E-state index contributed by atoms with van der Waals surface area (Å²) in [5.74, 6) is 0. The summed E-state index contributed by atoms with van der Waals surface area (Å²) in [5, 5.41) is 3.38. The number of aromatic amines is 1. The summed E-state index contributed by atoms with van der Waals surface area (Å²) >= 11 is 0. The van der Waals surface area contributed by atoms with Crippen LogP contribution in [0.25, 0.3) is 0 Å². The van der Waals surface area contributed by atoms with Crippen LogP contribution in [-0.2, 0) is 6.54 Å². The molecule has 1 aromatic rings. The molecule has 0 saturated heterocycles. The minimum Gasteiger partial charge on any atom is -0.347 e. The summed E-state index contributed by atoms with van der Waals surface area (Å²) in [6.45, 7) is 7.45. The fourth-order valence-corrected chi connectivity index (χ4v) is 1.39. The van der Waals surface area contributed by atoms with E-state index in [2.05, 4.69) is 41.1 Å². The van der Waals surface area contributed by atoms with Crippen LogP contribution in [0.3, 0.4) is 0 Å². The van der Waals surface area contributed by atoms with Crippen molar-refractivity contribution < 1.29 is 0 Å². The van der Waals surface area contributed by atoms with E-state index in [1.165, 1.54) is 6.42 Å². The summed E-state index contributed by atoms with van der Waals surface area (Å²) in [5.41, 5.74) is 1.14. The zero-order valence-electron chi connectivity index (χ0n) is 9.95. The van der Waals surface area contributed by atoms with Gasteiger partial charge in [0.15, 0.2) is 0 Å². The lowest BCUT2D eigenvalue weighted by Gasteiger charge is -2.23. The molecule has 0 spiro atoms. The number of likely N-dealkylation sites (N-methyl/N-ethyl adjacent to an activating group) is 1. The Bertz CT molecular complexity index is 245. The molecule has 0 saturated carbocycles. The second-order valence-electron chi connectivity index (χ2n) is 3.99. The Morgan fingerprint density at radius 2 is 2.40 bits per heavy atom. The molecule has 4 heteroatoms. The molecular weight excluding hydrogens is 188 g/mol. The molecule has 0 aliphatic carbocycles. The van der Waals surface area contributed by atoms with Crippen LogP contribution in [0, 0.1) is 0 Å². The highest BCUT2D eigenvalue weighted by Crippen LogP contribution is 1.98. The molecule has 0 radical (unpaired) electrons. The van der Waals surface area contributed by atoms with Crippen molar-refractivity contribution in [1.29, 1.82) is 0 Å². The van der Waals surface area contributed by atoms with E-state index in [1.54, 1.807) is 6.33 Å². The minimum atomic E-state index is 0.666. The van der Waals surface area contributed by atoms with Gasteiger partial charge in [0, 0.05) is 37.6 Å². The molecule has 0 amide bonds. The number of nitrogens with one attached hydrogen (secondary N) is 2.